The van der Waals surface area contributed by atoms with Crippen molar-refractivity contribution in [3.63, 3.8) is 0 Å². The molecule has 0 bridgehead atoms. The fourth-order valence-electron chi connectivity index (χ4n) is 2.16. The topological polar surface area (TPSA) is 42.4 Å². The van der Waals surface area contributed by atoms with E-state index in [4.69, 9.17) is 4.74 Å². The zero-order chi connectivity index (χ0) is 13.3. The fraction of sp³-hybridized carbons (Fsp3) is 0.400. The second-order valence-electron chi connectivity index (χ2n) is 5.45. The quantitative estimate of drug-likeness (QED) is 0.884. The number of fused-ring (bicyclic) bond motifs is 1. The van der Waals surface area contributed by atoms with Gasteiger partial charge in [-0.15, -0.1) is 0 Å². The van der Waals surface area contributed by atoms with Gasteiger partial charge in [-0.2, -0.15) is 0 Å². The first-order valence-electron chi connectivity index (χ1n) is 6.04. The Hall–Kier alpha value is -1.61. The maximum absolute atomic E-state index is 9.40. The van der Waals surface area contributed by atoms with E-state index >= 15 is 0 Å². The highest BCUT2D eigenvalue weighted by molar-refractivity contribution is 5.87. The van der Waals surface area contributed by atoms with E-state index in [1.165, 1.54) is 0 Å². The van der Waals surface area contributed by atoms with Gasteiger partial charge in [0.2, 0.25) is 0 Å². The molecule has 96 valence electrons. The van der Waals surface area contributed by atoms with Crippen molar-refractivity contribution >= 4 is 10.8 Å². The average Bonchev–Trinajstić information content (AvgIpc) is 2.35. The molecule has 0 atom stereocenters. The molecule has 3 nitrogen and oxygen atoms in total. The Balaban J connectivity index is 2.77. The van der Waals surface area contributed by atoms with Gasteiger partial charge in [0, 0.05) is 22.6 Å². The number of ether oxygens (including phenoxy) is 1. The molecule has 0 aliphatic carbocycles. The van der Waals surface area contributed by atoms with Gasteiger partial charge in [0.25, 0.3) is 0 Å². The van der Waals surface area contributed by atoms with Crippen LogP contribution in [0.2, 0.25) is 0 Å². The zero-order valence-electron chi connectivity index (χ0n) is 11.3. The molecule has 3 heteroatoms. The maximum atomic E-state index is 9.40. The van der Waals surface area contributed by atoms with Crippen molar-refractivity contribution in [2.24, 2.45) is 0 Å². The molecule has 0 aliphatic heterocycles. The van der Waals surface area contributed by atoms with E-state index in [0.29, 0.717) is 0 Å². The highest BCUT2D eigenvalue weighted by Gasteiger charge is 2.19. The third kappa shape index (κ3) is 2.18. The Morgan fingerprint density at radius 3 is 2.56 bits per heavy atom. The van der Waals surface area contributed by atoms with Crippen LogP contribution >= 0.6 is 0 Å². The lowest BCUT2D eigenvalue weighted by Gasteiger charge is -2.20. The van der Waals surface area contributed by atoms with Crippen LogP contribution in [0.3, 0.4) is 0 Å². The summed E-state index contributed by atoms with van der Waals surface area (Å²) in [6, 6.07) is 5.90. The summed E-state index contributed by atoms with van der Waals surface area (Å²) in [5, 5.41) is 11.6. The van der Waals surface area contributed by atoms with Gasteiger partial charge in [-0.25, -0.2) is 0 Å². The van der Waals surface area contributed by atoms with Crippen LogP contribution < -0.4 is 4.74 Å². The first-order chi connectivity index (χ1) is 8.47. The van der Waals surface area contributed by atoms with Crippen LogP contribution in [0.15, 0.2) is 24.4 Å². The molecule has 0 saturated carbocycles. The van der Waals surface area contributed by atoms with Crippen LogP contribution in [0.5, 0.6) is 5.75 Å². The minimum atomic E-state index is -0.0302. The molecule has 0 fully saturated rings. The molecule has 0 amide bonds. The number of benzene rings is 1. The SMILES string of the molecule is COc1cc2ccnc(C(C)(C)C)c2cc1CO. The lowest BCUT2D eigenvalue weighted by molar-refractivity contribution is 0.274. The highest BCUT2D eigenvalue weighted by atomic mass is 16.5. The lowest BCUT2D eigenvalue weighted by Crippen LogP contribution is -2.14. The Bertz CT molecular complexity index is 570. The zero-order valence-corrected chi connectivity index (χ0v) is 11.3. The molecule has 1 N–H and O–H groups in total. The molecular weight excluding hydrogens is 226 g/mol. The number of aliphatic hydroxyl groups is 1. The van der Waals surface area contributed by atoms with Crippen molar-refractivity contribution in [1.29, 1.82) is 0 Å². The second-order valence-corrected chi connectivity index (χ2v) is 5.45. The standard InChI is InChI=1S/C15H19NO2/c1-15(2,3)14-12-7-11(9-17)13(18-4)8-10(12)5-6-16-14/h5-8,17H,9H2,1-4H3. The molecule has 0 saturated heterocycles. The minimum absolute atomic E-state index is 0.0270. The number of hydrogen-bond acceptors (Lipinski definition) is 3. The summed E-state index contributed by atoms with van der Waals surface area (Å²) in [6.07, 6.45) is 1.82. The van der Waals surface area contributed by atoms with Crippen LogP contribution in [0.4, 0.5) is 0 Å². The summed E-state index contributed by atoms with van der Waals surface area (Å²) in [4.78, 5) is 4.49. The Morgan fingerprint density at radius 2 is 2.00 bits per heavy atom. The van der Waals surface area contributed by atoms with Gasteiger partial charge < -0.3 is 9.84 Å². The average molecular weight is 245 g/mol. The van der Waals surface area contributed by atoms with Crippen LogP contribution in [-0.4, -0.2) is 17.2 Å². The molecule has 18 heavy (non-hydrogen) atoms. The summed E-state index contributed by atoms with van der Waals surface area (Å²) < 4.78 is 5.29. The predicted octanol–water partition coefficient (Wildman–Crippen LogP) is 3.03. The Kier molecular flexibility index (Phi) is 3.26. The lowest BCUT2D eigenvalue weighted by atomic mass is 9.87. The predicted molar refractivity (Wildman–Crippen MR) is 72.9 cm³/mol. The van der Waals surface area contributed by atoms with Gasteiger partial charge in [0.05, 0.1) is 19.4 Å². The molecule has 0 spiro atoms. The summed E-state index contributed by atoms with van der Waals surface area (Å²) in [7, 11) is 1.62. The first kappa shape index (κ1) is 12.8. The van der Waals surface area contributed by atoms with Crippen LogP contribution in [0.1, 0.15) is 32.0 Å². The molecule has 1 aromatic carbocycles. The monoisotopic (exact) mass is 245 g/mol. The number of aliphatic hydroxyl groups excluding tert-OH is 1. The molecule has 2 aromatic rings. The molecule has 0 radical (unpaired) electrons. The first-order valence-corrected chi connectivity index (χ1v) is 6.04. The van der Waals surface area contributed by atoms with Gasteiger partial charge in [-0.1, -0.05) is 20.8 Å². The number of pyridine rings is 1. The van der Waals surface area contributed by atoms with Crippen molar-refractivity contribution < 1.29 is 9.84 Å². The Labute approximate surface area is 107 Å². The minimum Gasteiger partial charge on any atom is -0.496 e. The summed E-state index contributed by atoms with van der Waals surface area (Å²) >= 11 is 0. The van der Waals surface area contributed by atoms with Gasteiger partial charge in [-0.3, -0.25) is 4.98 Å². The van der Waals surface area contributed by atoms with Gasteiger partial charge in [-0.05, 0) is 23.6 Å². The third-order valence-electron chi connectivity index (χ3n) is 3.05. The van der Waals surface area contributed by atoms with Crippen molar-refractivity contribution in [3.05, 3.63) is 35.7 Å². The number of rotatable bonds is 2. The highest BCUT2D eigenvalue weighted by Crippen LogP contribution is 2.32. The molecule has 1 heterocycles. The molecule has 0 unspecified atom stereocenters. The number of methoxy groups -OCH3 is 1. The van der Waals surface area contributed by atoms with E-state index in [1.54, 1.807) is 7.11 Å². The summed E-state index contributed by atoms with van der Waals surface area (Å²) in [5.74, 6) is 0.719. The summed E-state index contributed by atoms with van der Waals surface area (Å²) in [6.45, 7) is 6.38. The van der Waals surface area contributed by atoms with Crippen LogP contribution in [0, 0.1) is 0 Å². The van der Waals surface area contributed by atoms with Crippen LogP contribution in [-0.2, 0) is 12.0 Å². The van der Waals surface area contributed by atoms with E-state index in [1.807, 2.05) is 24.4 Å². The van der Waals surface area contributed by atoms with E-state index in [0.717, 1.165) is 27.8 Å². The van der Waals surface area contributed by atoms with E-state index in [2.05, 4.69) is 25.8 Å². The van der Waals surface area contributed by atoms with Gasteiger partial charge >= 0.3 is 0 Å². The maximum Gasteiger partial charge on any atom is 0.125 e. The Morgan fingerprint density at radius 1 is 1.28 bits per heavy atom. The van der Waals surface area contributed by atoms with Crippen molar-refractivity contribution in [1.82, 2.24) is 4.98 Å². The third-order valence-corrected chi connectivity index (χ3v) is 3.05. The van der Waals surface area contributed by atoms with Gasteiger partial charge in [0.1, 0.15) is 5.75 Å². The molecule has 1 aromatic heterocycles. The molecular formula is C15H19NO2. The van der Waals surface area contributed by atoms with Crippen molar-refractivity contribution in [3.8, 4) is 5.75 Å². The fourth-order valence-corrected chi connectivity index (χ4v) is 2.16. The van der Waals surface area contributed by atoms with Crippen molar-refractivity contribution in [2.75, 3.05) is 7.11 Å². The van der Waals surface area contributed by atoms with Crippen LogP contribution in [0.25, 0.3) is 10.8 Å². The van der Waals surface area contributed by atoms with Crippen molar-refractivity contribution in [2.45, 2.75) is 32.8 Å². The molecule has 0 aliphatic rings. The molecule has 2 rings (SSSR count). The second kappa shape index (κ2) is 4.58. The van der Waals surface area contributed by atoms with E-state index in [-0.39, 0.29) is 12.0 Å². The number of hydrogen-bond donors (Lipinski definition) is 1. The largest absolute Gasteiger partial charge is 0.496 e. The normalized spacial score (nSPS) is 11.8. The number of nitrogens with zero attached hydrogens (tertiary/aromatic N) is 1. The van der Waals surface area contributed by atoms with Gasteiger partial charge in [0.15, 0.2) is 0 Å². The summed E-state index contributed by atoms with van der Waals surface area (Å²) in [5.41, 5.74) is 1.81. The smallest absolute Gasteiger partial charge is 0.125 e. The number of aromatic nitrogens is 1. The van der Waals surface area contributed by atoms with E-state index in [9.17, 15) is 5.11 Å². The van der Waals surface area contributed by atoms with E-state index < -0.39 is 0 Å².